The molecule has 0 bridgehead atoms. The first-order valence-electron chi connectivity index (χ1n) is 5.29. The van der Waals surface area contributed by atoms with Crippen molar-refractivity contribution < 1.29 is 0 Å². The molecule has 1 aromatic heterocycles. The summed E-state index contributed by atoms with van der Waals surface area (Å²) in [5.74, 6) is 1.40. The highest BCUT2D eigenvalue weighted by Gasteiger charge is 1.99. The number of nitrogens with one attached hydrogen (secondary N) is 1. The molecule has 0 atom stereocenters. The number of aromatic nitrogens is 3. The largest absolute Gasteiger partial charge is 0.370 e. The molecule has 1 aromatic rings. The first kappa shape index (κ1) is 15.9. The molecule has 0 aliphatic carbocycles. The van der Waals surface area contributed by atoms with E-state index in [4.69, 9.17) is 5.73 Å². The average Bonchev–Trinajstić information content (AvgIpc) is 2.74. The fourth-order valence-corrected chi connectivity index (χ4v) is 1.25. The molecule has 96 valence electrons. The number of guanidine groups is 1. The van der Waals surface area contributed by atoms with Gasteiger partial charge in [0.15, 0.2) is 5.96 Å². The fourth-order valence-electron chi connectivity index (χ4n) is 1.25. The molecule has 0 saturated carbocycles. The molecule has 1 rings (SSSR count). The van der Waals surface area contributed by atoms with Gasteiger partial charge in [0.25, 0.3) is 0 Å². The monoisotopic (exact) mass is 350 g/mol. The number of rotatable bonds is 6. The Balaban J connectivity index is 0.00000256. The summed E-state index contributed by atoms with van der Waals surface area (Å²) in [6, 6.07) is 0. The van der Waals surface area contributed by atoms with Gasteiger partial charge < -0.3 is 15.6 Å². The number of halogens is 1. The van der Waals surface area contributed by atoms with E-state index in [2.05, 4.69) is 27.1 Å². The molecular weight excluding hydrogens is 331 g/mol. The Morgan fingerprint density at radius 3 is 3.12 bits per heavy atom. The van der Waals surface area contributed by atoms with Crippen molar-refractivity contribution in [1.29, 1.82) is 0 Å². The summed E-state index contributed by atoms with van der Waals surface area (Å²) in [7, 11) is 0. The summed E-state index contributed by atoms with van der Waals surface area (Å²) in [5.41, 5.74) is 5.62. The minimum Gasteiger partial charge on any atom is -0.370 e. The Labute approximate surface area is 118 Å². The molecule has 0 unspecified atom stereocenters. The van der Waals surface area contributed by atoms with E-state index in [1.54, 1.807) is 12.4 Å². The van der Waals surface area contributed by atoms with Crippen molar-refractivity contribution in [3.8, 4) is 0 Å². The van der Waals surface area contributed by atoms with Gasteiger partial charge in [-0.05, 0) is 0 Å². The second-order valence-electron chi connectivity index (χ2n) is 3.23. The maximum absolute atomic E-state index is 5.62. The standard InChI is InChI=1S/C10H18N6.HI/c1-3-5-12-10(11)13-6-7-16-8-14-15-9(16)4-2;/h3,8H,1,4-7H2,2H3,(H3,11,12,13);1H. The second-order valence-corrected chi connectivity index (χ2v) is 3.23. The van der Waals surface area contributed by atoms with E-state index in [0.29, 0.717) is 19.0 Å². The third-order valence-electron chi connectivity index (χ3n) is 2.06. The van der Waals surface area contributed by atoms with Crippen LogP contribution < -0.4 is 11.1 Å². The summed E-state index contributed by atoms with van der Waals surface area (Å²) in [5, 5.41) is 10.7. The van der Waals surface area contributed by atoms with Gasteiger partial charge in [0.05, 0.1) is 6.54 Å². The number of aryl methyl sites for hydroxylation is 1. The molecule has 0 saturated heterocycles. The van der Waals surface area contributed by atoms with Gasteiger partial charge in [0, 0.05) is 19.5 Å². The van der Waals surface area contributed by atoms with Crippen LogP contribution in [0.4, 0.5) is 0 Å². The lowest BCUT2D eigenvalue weighted by Crippen LogP contribution is -2.32. The van der Waals surface area contributed by atoms with Gasteiger partial charge in [-0.15, -0.1) is 40.8 Å². The molecule has 0 radical (unpaired) electrons. The molecule has 6 nitrogen and oxygen atoms in total. The SMILES string of the molecule is C=CCNC(N)=NCCn1cnnc1CC.I. The summed E-state index contributed by atoms with van der Waals surface area (Å²) < 4.78 is 1.98. The van der Waals surface area contributed by atoms with Crippen molar-refractivity contribution in [2.24, 2.45) is 10.7 Å². The predicted molar refractivity (Wildman–Crippen MR) is 79.5 cm³/mol. The van der Waals surface area contributed by atoms with E-state index in [9.17, 15) is 0 Å². The van der Waals surface area contributed by atoms with Crippen LogP contribution in [0.15, 0.2) is 24.0 Å². The van der Waals surface area contributed by atoms with Crippen LogP contribution >= 0.6 is 24.0 Å². The normalized spacial score (nSPS) is 10.8. The van der Waals surface area contributed by atoms with E-state index < -0.39 is 0 Å². The van der Waals surface area contributed by atoms with Crippen molar-refractivity contribution in [2.45, 2.75) is 19.9 Å². The average molecular weight is 350 g/mol. The molecule has 3 N–H and O–H groups in total. The first-order chi connectivity index (χ1) is 7.77. The number of aliphatic imine (C=N–C) groups is 1. The Hall–Kier alpha value is -1.12. The highest BCUT2D eigenvalue weighted by molar-refractivity contribution is 14.0. The third kappa shape index (κ3) is 5.66. The summed E-state index contributed by atoms with van der Waals surface area (Å²) in [6.45, 7) is 7.61. The lowest BCUT2D eigenvalue weighted by atomic mass is 10.4. The van der Waals surface area contributed by atoms with Crippen molar-refractivity contribution in [3.63, 3.8) is 0 Å². The van der Waals surface area contributed by atoms with Gasteiger partial charge in [-0.3, -0.25) is 4.99 Å². The van der Waals surface area contributed by atoms with Gasteiger partial charge in [-0.1, -0.05) is 13.0 Å². The molecular formula is C10H19IN6. The minimum absolute atomic E-state index is 0. The first-order valence-corrected chi connectivity index (χ1v) is 5.29. The Morgan fingerprint density at radius 2 is 2.47 bits per heavy atom. The predicted octanol–water partition coefficient (Wildman–Crippen LogP) is 0.549. The van der Waals surface area contributed by atoms with Crippen LogP contribution in [0.25, 0.3) is 0 Å². The highest BCUT2D eigenvalue weighted by Crippen LogP contribution is 1.95. The van der Waals surface area contributed by atoms with E-state index in [1.165, 1.54) is 0 Å². The molecule has 0 amide bonds. The molecule has 0 spiro atoms. The number of nitrogens with two attached hydrogens (primary N) is 1. The molecule has 0 aliphatic heterocycles. The van der Waals surface area contributed by atoms with Crippen LogP contribution in [0.2, 0.25) is 0 Å². The van der Waals surface area contributed by atoms with Gasteiger partial charge in [0.2, 0.25) is 0 Å². The number of hydrogen-bond acceptors (Lipinski definition) is 3. The summed E-state index contributed by atoms with van der Waals surface area (Å²) >= 11 is 0. The van der Waals surface area contributed by atoms with Gasteiger partial charge >= 0.3 is 0 Å². The topological polar surface area (TPSA) is 81.1 Å². The maximum Gasteiger partial charge on any atom is 0.188 e. The van der Waals surface area contributed by atoms with Crippen molar-refractivity contribution in [3.05, 3.63) is 24.8 Å². The highest BCUT2D eigenvalue weighted by atomic mass is 127. The van der Waals surface area contributed by atoms with E-state index in [-0.39, 0.29) is 24.0 Å². The van der Waals surface area contributed by atoms with Crippen LogP contribution in [0.1, 0.15) is 12.7 Å². The zero-order valence-electron chi connectivity index (χ0n) is 9.96. The van der Waals surface area contributed by atoms with Gasteiger partial charge in [-0.2, -0.15) is 0 Å². The third-order valence-corrected chi connectivity index (χ3v) is 2.06. The maximum atomic E-state index is 5.62. The smallest absolute Gasteiger partial charge is 0.188 e. The second kappa shape index (κ2) is 8.97. The van der Waals surface area contributed by atoms with Crippen molar-refractivity contribution in [2.75, 3.05) is 13.1 Å². The molecule has 0 aromatic carbocycles. The fraction of sp³-hybridized carbons (Fsp3) is 0.500. The van der Waals surface area contributed by atoms with Crippen LogP contribution in [-0.2, 0) is 13.0 Å². The van der Waals surface area contributed by atoms with Crippen molar-refractivity contribution >= 4 is 29.9 Å². The van der Waals surface area contributed by atoms with E-state index in [1.807, 2.05) is 11.5 Å². The molecule has 0 aliphatic rings. The summed E-state index contributed by atoms with van der Waals surface area (Å²) in [6.07, 6.45) is 4.31. The van der Waals surface area contributed by atoms with E-state index in [0.717, 1.165) is 18.8 Å². The lowest BCUT2D eigenvalue weighted by molar-refractivity contribution is 0.665. The van der Waals surface area contributed by atoms with Crippen LogP contribution in [0.3, 0.4) is 0 Å². The van der Waals surface area contributed by atoms with Crippen LogP contribution in [-0.4, -0.2) is 33.8 Å². The quantitative estimate of drug-likeness (QED) is 0.340. The minimum atomic E-state index is 0. The Morgan fingerprint density at radius 1 is 1.71 bits per heavy atom. The zero-order valence-corrected chi connectivity index (χ0v) is 12.3. The Kier molecular flexibility index (Phi) is 8.38. The van der Waals surface area contributed by atoms with Crippen LogP contribution in [0, 0.1) is 0 Å². The number of nitrogens with zero attached hydrogens (tertiary/aromatic N) is 4. The molecule has 7 heteroatoms. The lowest BCUT2D eigenvalue weighted by Gasteiger charge is -2.04. The van der Waals surface area contributed by atoms with Gasteiger partial charge in [-0.25, -0.2) is 0 Å². The number of hydrogen-bond donors (Lipinski definition) is 2. The molecule has 17 heavy (non-hydrogen) atoms. The molecule has 0 fully saturated rings. The van der Waals surface area contributed by atoms with Crippen molar-refractivity contribution in [1.82, 2.24) is 20.1 Å². The van der Waals surface area contributed by atoms with Gasteiger partial charge in [0.1, 0.15) is 12.2 Å². The molecule has 1 heterocycles. The summed E-state index contributed by atoms with van der Waals surface area (Å²) in [4.78, 5) is 4.17. The van der Waals surface area contributed by atoms with Crippen LogP contribution in [0.5, 0.6) is 0 Å². The van der Waals surface area contributed by atoms with E-state index >= 15 is 0 Å². The zero-order chi connectivity index (χ0) is 11.8. The Bertz CT molecular complexity index is 359.